The van der Waals surface area contributed by atoms with Crippen molar-refractivity contribution in [3.8, 4) is 16.9 Å². The lowest BCUT2D eigenvalue weighted by Crippen LogP contribution is -2.49. The molecule has 5 rings (SSSR count). The largest absolute Gasteiger partial charge is 0.497 e. The second-order valence-electron chi connectivity index (χ2n) is 9.14. The third-order valence-corrected chi connectivity index (χ3v) is 8.62. The van der Waals surface area contributed by atoms with Gasteiger partial charge in [0.1, 0.15) is 5.75 Å². The summed E-state index contributed by atoms with van der Waals surface area (Å²) in [6.45, 7) is 2.63. The van der Waals surface area contributed by atoms with Crippen LogP contribution in [-0.4, -0.2) is 43.4 Å². The summed E-state index contributed by atoms with van der Waals surface area (Å²) in [6.07, 6.45) is 0.828. The minimum atomic E-state index is -3.69. The van der Waals surface area contributed by atoms with E-state index in [2.05, 4.69) is 5.32 Å². The summed E-state index contributed by atoms with van der Waals surface area (Å²) in [5.41, 5.74) is 3.32. The highest BCUT2D eigenvalue weighted by Crippen LogP contribution is 2.41. The van der Waals surface area contributed by atoms with E-state index in [1.165, 1.54) is 6.92 Å². The number of rotatable bonds is 5. The number of anilines is 1. The molecule has 2 aromatic carbocycles. The molecule has 9 heteroatoms. The quantitative estimate of drug-likeness (QED) is 0.588. The molecule has 0 unspecified atom stereocenters. The predicted octanol–water partition coefficient (Wildman–Crippen LogP) is 3.29. The van der Waals surface area contributed by atoms with E-state index < -0.39 is 10.0 Å². The first-order valence-electron chi connectivity index (χ1n) is 11.5. The maximum absolute atomic E-state index is 13.5. The van der Waals surface area contributed by atoms with Crippen molar-refractivity contribution in [2.24, 2.45) is 5.92 Å². The molecule has 1 amide bonds. The van der Waals surface area contributed by atoms with Gasteiger partial charge in [0.2, 0.25) is 15.9 Å². The third-order valence-electron chi connectivity index (χ3n) is 6.77. The number of carbonyl (C=O) groups excluding carboxylic acids is 1. The minimum absolute atomic E-state index is 0.0596. The van der Waals surface area contributed by atoms with Crippen molar-refractivity contribution in [3.05, 3.63) is 76.7 Å². The van der Waals surface area contributed by atoms with Crippen LogP contribution >= 0.6 is 0 Å². The van der Waals surface area contributed by atoms with E-state index in [1.54, 1.807) is 41.7 Å². The van der Waals surface area contributed by atoms with Crippen LogP contribution in [0.2, 0.25) is 0 Å². The lowest BCUT2D eigenvalue weighted by Gasteiger charge is -2.42. The van der Waals surface area contributed by atoms with Gasteiger partial charge in [-0.25, -0.2) is 8.42 Å². The molecule has 1 saturated heterocycles. The zero-order valence-corrected chi connectivity index (χ0v) is 20.4. The van der Waals surface area contributed by atoms with E-state index in [4.69, 9.17) is 4.74 Å². The van der Waals surface area contributed by atoms with E-state index in [-0.39, 0.29) is 28.2 Å². The van der Waals surface area contributed by atoms with Gasteiger partial charge >= 0.3 is 0 Å². The van der Waals surface area contributed by atoms with Crippen LogP contribution in [0.3, 0.4) is 0 Å². The SMILES string of the molecule is COc1ccc(S(=O)(=O)N2C[C@@H]3C[C@@H](C2)c2c(-c4ccc(NC(C)=O)cc4)ccc(=O)n2C3)cc1. The van der Waals surface area contributed by atoms with Crippen LogP contribution in [0.1, 0.15) is 25.0 Å². The molecule has 0 saturated carbocycles. The Kier molecular flexibility index (Phi) is 5.98. The van der Waals surface area contributed by atoms with Crippen LogP contribution in [0.15, 0.2) is 70.4 Å². The number of amides is 1. The highest BCUT2D eigenvalue weighted by molar-refractivity contribution is 7.89. The first-order chi connectivity index (χ1) is 16.8. The first kappa shape index (κ1) is 23.3. The van der Waals surface area contributed by atoms with Gasteiger partial charge < -0.3 is 14.6 Å². The highest BCUT2D eigenvalue weighted by atomic mass is 32.2. The molecule has 1 N–H and O–H groups in total. The van der Waals surface area contributed by atoms with Crippen molar-refractivity contribution in [3.63, 3.8) is 0 Å². The maximum atomic E-state index is 13.5. The average molecular weight is 494 g/mol. The molecule has 2 aliphatic heterocycles. The standard InChI is InChI=1S/C26H27N3O5S/c1-17(30)27-21-5-3-19(4-6-21)24-11-12-25(31)29-15-18-13-20(26(24)29)16-28(14-18)35(32,33)23-9-7-22(34-2)8-10-23/h3-12,18,20H,13-16H2,1-2H3,(H,27,30)/t18-,20-/m0/s1. The molecule has 0 radical (unpaired) electrons. The lowest BCUT2D eigenvalue weighted by atomic mass is 9.81. The number of pyridine rings is 1. The normalized spacial score (nSPS) is 19.6. The summed E-state index contributed by atoms with van der Waals surface area (Å²) in [4.78, 5) is 24.4. The summed E-state index contributed by atoms with van der Waals surface area (Å²) < 4.78 is 35.4. The second-order valence-corrected chi connectivity index (χ2v) is 11.1. The van der Waals surface area contributed by atoms with Crippen LogP contribution in [0.4, 0.5) is 5.69 Å². The van der Waals surface area contributed by atoms with Gasteiger partial charge in [-0.1, -0.05) is 12.1 Å². The molecular formula is C26H27N3O5S. The zero-order chi connectivity index (χ0) is 24.7. The Morgan fingerprint density at radius 3 is 2.34 bits per heavy atom. The van der Waals surface area contributed by atoms with Crippen molar-refractivity contribution in [2.75, 3.05) is 25.5 Å². The summed E-state index contributed by atoms with van der Waals surface area (Å²) >= 11 is 0. The fourth-order valence-electron chi connectivity index (χ4n) is 5.24. The van der Waals surface area contributed by atoms with Crippen molar-refractivity contribution in [1.29, 1.82) is 0 Å². The fourth-order valence-corrected chi connectivity index (χ4v) is 6.81. The number of fused-ring (bicyclic) bond motifs is 4. The summed E-state index contributed by atoms with van der Waals surface area (Å²) in [5.74, 6) is 0.411. The molecule has 2 aliphatic rings. The first-order valence-corrected chi connectivity index (χ1v) is 13.0. The van der Waals surface area contributed by atoms with Crippen LogP contribution in [-0.2, 0) is 21.4 Å². The molecule has 3 heterocycles. The van der Waals surface area contributed by atoms with Crippen LogP contribution in [0, 0.1) is 5.92 Å². The Balaban J connectivity index is 1.50. The lowest BCUT2D eigenvalue weighted by molar-refractivity contribution is -0.114. The van der Waals surface area contributed by atoms with E-state index in [0.717, 1.165) is 23.2 Å². The van der Waals surface area contributed by atoms with Gasteiger partial charge in [-0.3, -0.25) is 9.59 Å². The van der Waals surface area contributed by atoms with Gasteiger partial charge in [-0.2, -0.15) is 4.31 Å². The van der Waals surface area contributed by atoms with Crippen molar-refractivity contribution < 1.29 is 17.9 Å². The molecule has 3 aromatic rings. The summed E-state index contributed by atoms with van der Waals surface area (Å²) in [6, 6.07) is 17.3. The minimum Gasteiger partial charge on any atom is -0.497 e. The number of ether oxygens (including phenoxy) is 1. The Morgan fingerprint density at radius 1 is 0.971 bits per heavy atom. The molecule has 0 aliphatic carbocycles. The number of nitrogens with one attached hydrogen (secondary N) is 1. The Hall–Kier alpha value is -3.43. The molecular weight excluding hydrogens is 466 g/mol. The predicted molar refractivity (Wildman–Crippen MR) is 133 cm³/mol. The molecule has 35 heavy (non-hydrogen) atoms. The smallest absolute Gasteiger partial charge is 0.250 e. The number of hydrogen-bond acceptors (Lipinski definition) is 5. The Bertz CT molecular complexity index is 1430. The van der Waals surface area contributed by atoms with E-state index in [0.29, 0.717) is 31.1 Å². The van der Waals surface area contributed by atoms with Crippen molar-refractivity contribution >= 4 is 21.6 Å². The number of carbonyl (C=O) groups is 1. The Labute approximate surface area is 204 Å². The number of sulfonamides is 1. The van der Waals surface area contributed by atoms with E-state index >= 15 is 0 Å². The molecule has 2 atom stereocenters. The van der Waals surface area contributed by atoms with Gasteiger partial charge in [0.15, 0.2) is 0 Å². The zero-order valence-electron chi connectivity index (χ0n) is 19.6. The average Bonchev–Trinajstić information content (AvgIpc) is 2.85. The molecule has 1 aromatic heterocycles. The van der Waals surface area contributed by atoms with Gasteiger partial charge in [-0.15, -0.1) is 0 Å². The van der Waals surface area contributed by atoms with Gasteiger partial charge in [0, 0.05) is 55.5 Å². The number of methoxy groups -OCH3 is 1. The van der Waals surface area contributed by atoms with Crippen LogP contribution in [0.25, 0.3) is 11.1 Å². The highest BCUT2D eigenvalue weighted by Gasteiger charge is 2.40. The number of benzene rings is 2. The number of aromatic nitrogens is 1. The summed E-state index contributed by atoms with van der Waals surface area (Å²) in [5, 5.41) is 2.76. The molecule has 8 nitrogen and oxygen atoms in total. The maximum Gasteiger partial charge on any atom is 0.250 e. The molecule has 182 valence electrons. The number of hydrogen-bond donors (Lipinski definition) is 1. The number of nitrogens with zero attached hydrogens (tertiary/aromatic N) is 2. The van der Waals surface area contributed by atoms with Crippen LogP contribution < -0.4 is 15.6 Å². The van der Waals surface area contributed by atoms with Crippen molar-refractivity contribution in [2.45, 2.75) is 30.7 Å². The molecule has 1 fully saturated rings. The van der Waals surface area contributed by atoms with Crippen LogP contribution in [0.5, 0.6) is 5.75 Å². The Morgan fingerprint density at radius 2 is 1.69 bits per heavy atom. The third kappa shape index (κ3) is 4.37. The second kappa shape index (κ2) is 8.98. The summed E-state index contributed by atoms with van der Waals surface area (Å²) in [7, 11) is -2.14. The monoisotopic (exact) mass is 493 g/mol. The molecule has 0 spiro atoms. The van der Waals surface area contributed by atoms with E-state index in [1.807, 2.05) is 34.9 Å². The van der Waals surface area contributed by atoms with Gasteiger partial charge in [0.05, 0.1) is 12.0 Å². The van der Waals surface area contributed by atoms with E-state index in [9.17, 15) is 18.0 Å². The van der Waals surface area contributed by atoms with Gasteiger partial charge in [-0.05, 0) is 60.4 Å². The van der Waals surface area contributed by atoms with Gasteiger partial charge in [0.25, 0.3) is 5.56 Å². The van der Waals surface area contributed by atoms with Crippen molar-refractivity contribution in [1.82, 2.24) is 8.87 Å². The number of piperidine rings is 1. The topological polar surface area (TPSA) is 97.7 Å². The fraction of sp³-hybridized carbons (Fsp3) is 0.308. The molecule has 2 bridgehead atoms.